The second-order valence-corrected chi connectivity index (χ2v) is 8.25. The van der Waals surface area contributed by atoms with Gasteiger partial charge in [-0.1, -0.05) is 30.3 Å². The molecule has 0 aliphatic carbocycles. The molecule has 146 valence electrons. The lowest BCUT2D eigenvalue weighted by molar-refractivity contribution is 0.0939. The van der Waals surface area contributed by atoms with Crippen molar-refractivity contribution >= 4 is 45.8 Å². The molecule has 3 aromatic rings. The van der Waals surface area contributed by atoms with Crippen molar-refractivity contribution in [2.75, 3.05) is 0 Å². The lowest BCUT2D eigenvalue weighted by Gasteiger charge is -2.06. The van der Waals surface area contributed by atoms with E-state index >= 15 is 0 Å². The van der Waals surface area contributed by atoms with Crippen LogP contribution in [0.2, 0.25) is 5.02 Å². The van der Waals surface area contributed by atoms with Crippen LogP contribution in [0.5, 0.6) is 0 Å². The van der Waals surface area contributed by atoms with E-state index in [-0.39, 0.29) is 5.75 Å². The molecule has 10 heteroatoms. The van der Waals surface area contributed by atoms with Crippen LogP contribution in [0, 0.1) is 6.92 Å². The first-order chi connectivity index (χ1) is 13.5. The van der Waals surface area contributed by atoms with Crippen LogP contribution >= 0.6 is 34.7 Å². The number of hydrogen-bond acceptors (Lipinski definition) is 7. The molecule has 0 unspecified atom stereocenters. The van der Waals surface area contributed by atoms with Gasteiger partial charge in [-0.3, -0.25) is 20.4 Å². The van der Waals surface area contributed by atoms with Gasteiger partial charge in [-0.05, 0) is 49.2 Å². The van der Waals surface area contributed by atoms with E-state index in [0.717, 1.165) is 23.1 Å². The average molecular weight is 437 g/mol. The summed E-state index contributed by atoms with van der Waals surface area (Å²) in [4.78, 5) is 26.0. The second-order valence-electron chi connectivity index (χ2n) is 5.73. The van der Waals surface area contributed by atoms with Crippen molar-refractivity contribution in [3.05, 3.63) is 57.2 Å². The fraction of sp³-hybridized carbons (Fsp3) is 0.222. The molecular weight excluding hydrogens is 420 g/mol. The van der Waals surface area contributed by atoms with E-state index in [4.69, 9.17) is 16.0 Å². The maximum absolute atomic E-state index is 11.9. The van der Waals surface area contributed by atoms with Crippen LogP contribution in [0.1, 0.15) is 33.6 Å². The molecule has 3 rings (SSSR count). The number of aryl methyl sites for hydroxylation is 2. The summed E-state index contributed by atoms with van der Waals surface area (Å²) in [6.45, 7) is 4.15. The van der Waals surface area contributed by atoms with Crippen molar-refractivity contribution in [3.8, 4) is 10.8 Å². The molecule has 28 heavy (non-hydrogen) atoms. The van der Waals surface area contributed by atoms with Crippen LogP contribution in [-0.2, 0) is 12.2 Å². The molecule has 0 radical (unpaired) electrons. The zero-order chi connectivity index (χ0) is 20.1. The van der Waals surface area contributed by atoms with E-state index in [2.05, 4.69) is 34.9 Å². The molecule has 0 atom stereocenters. The van der Waals surface area contributed by atoms with E-state index in [9.17, 15) is 9.59 Å². The smallest absolute Gasteiger partial charge is 0.298 e. The first-order valence-electron chi connectivity index (χ1n) is 8.37. The fourth-order valence-corrected chi connectivity index (χ4v) is 3.99. The summed E-state index contributed by atoms with van der Waals surface area (Å²) in [7, 11) is 0. The monoisotopic (exact) mass is 436 g/mol. The summed E-state index contributed by atoms with van der Waals surface area (Å²) >= 11 is 8.31. The van der Waals surface area contributed by atoms with Gasteiger partial charge in [0.15, 0.2) is 0 Å². The number of hydrogen-bond donors (Lipinski definition) is 2. The number of nitrogens with zero attached hydrogens (tertiary/aromatic N) is 2. The van der Waals surface area contributed by atoms with E-state index < -0.39 is 11.1 Å². The fourth-order valence-electron chi connectivity index (χ4n) is 2.33. The number of hydrazine groups is 1. The second kappa shape index (κ2) is 9.22. The highest BCUT2D eigenvalue weighted by Gasteiger charge is 2.14. The molecule has 7 nitrogen and oxygen atoms in total. The number of carbonyl (C=O) groups is 2. The standard InChI is InChI=1S/C18H17ClN4O3S2/c1-3-13-10(2)8-14(28-13)17-22-20-15(26-17)9-27-18(25)23-21-16(24)11-4-6-12(19)7-5-11/h4-8H,3,9H2,1-2H3,(H,21,24)(H,23,25). The van der Waals surface area contributed by atoms with E-state index in [1.165, 1.54) is 10.4 Å². The number of nitrogens with one attached hydrogen (secondary N) is 2. The first kappa shape index (κ1) is 20.4. The Kier molecular flexibility index (Phi) is 6.71. The van der Waals surface area contributed by atoms with Gasteiger partial charge in [-0.15, -0.1) is 21.5 Å². The third kappa shape index (κ3) is 5.12. The summed E-state index contributed by atoms with van der Waals surface area (Å²) < 4.78 is 5.63. The molecule has 2 aromatic heterocycles. The Morgan fingerprint density at radius 2 is 1.96 bits per heavy atom. The number of benzene rings is 1. The van der Waals surface area contributed by atoms with Gasteiger partial charge in [0.25, 0.3) is 17.0 Å². The van der Waals surface area contributed by atoms with Gasteiger partial charge < -0.3 is 4.42 Å². The van der Waals surface area contributed by atoms with Gasteiger partial charge in [-0.25, -0.2) is 0 Å². The summed E-state index contributed by atoms with van der Waals surface area (Å²) in [5.41, 5.74) is 6.24. The van der Waals surface area contributed by atoms with Crippen LogP contribution in [0.3, 0.4) is 0 Å². The number of aromatic nitrogens is 2. The molecule has 0 spiro atoms. The van der Waals surface area contributed by atoms with Gasteiger partial charge in [0.05, 0.1) is 10.6 Å². The highest BCUT2D eigenvalue weighted by Crippen LogP contribution is 2.31. The molecule has 2 amide bonds. The molecule has 0 saturated carbocycles. The van der Waals surface area contributed by atoms with Crippen LogP contribution in [0.4, 0.5) is 4.79 Å². The van der Waals surface area contributed by atoms with Gasteiger partial charge in [0.2, 0.25) is 5.89 Å². The van der Waals surface area contributed by atoms with Crippen molar-refractivity contribution in [1.29, 1.82) is 0 Å². The molecule has 1 aromatic carbocycles. The van der Waals surface area contributed by atoms with E-state index in [0.29, 0.717) is 22.4 Å². The molecular formula is C18H17ClN4O3S2. The SMILES string of the molecule is CCc1sc(-c2nnc(CSC(=O)NNC(=O)c3ccc(Cl)cc3)o2)cc1C. The predicted molar refractivity (Wildman–Crippen MR) is 110 cm³/mol. The molecule has 0 aliphatic rings. The largest absolute Gasteiger partial charge is 0.419 e. The minimum absolute atomic E-state index is 0.195. The van der Waals surface area contributed by atoms with Crippen molar-refractivity contribution in [3.63, 3.8) is 0 Å². The summed E-state index contributed by atoms with van der Waals surface area (Å²) in [6.07, 6.45) is 0.954. The molecule has 0 aliphatic heterocycles. The first-order valence-corrected chi connectivity index (χ1v) is 10.5. The van der Waals surface area contributed by atoms with Gasteiger partial charge in [0, 0.05) is 15.5 Å². The maximum Gasteiger partial charge on any atom is 0.298 e. The third-order valence-electron chi connectivity index (χ3n) is 3.73. The zero-order valence-electron chi connectivity index (χ0n) is 15.1. The quantitative estimate of drug-likeness (QED) is 0.567. The van der Waals surface area contributed by atoms with Crippen LogP contribution in [-0.4, -0.2) is 21.3 Å². The number of amides is 2. The summed E-state index contributed by atoms with van der Waals surface area (Å²) in [5, 5.41) is 8.10. The Hall–Kier alpha value is -2.36. The Balaban J connectivity index is 1.49. The van der Waals surface area contributed by atoms with Crippen LogP contribution < -0.4 is 10.9 Å². The molecule has 0 saturated heterocycles. The Morgan fingerprint density at radius 3 is 2.64 bits per heavy atom. The summed E-state index contributed by atoms with van der Waals surface area (Å²) in [6, 6.07) is 8.34. The lowest BCUT2D eigenvalue weighted by Crippen LogP contribution is -2.39. The number of carbonyl (C=O) groups excluding carboxylic acids is 2. The van der Waals surface area contributed by atoms with Gasteiger partial charge >= 0.3 is 0 Å². The van der Waals surface area contributed by atoms with Gasteiger partial charge in [0.1, 0.15) is 0 Å². The van der Waals surface area contributed by atoms with Crippen molar-refractivity contribution in [1.82, 2.24) is 21.0 Å². The van der Waals surface area contributed by atoms with E-state index in [1.807, 2.05) is 6.07 Å². The normalized spacial score (nSPS) is 10.7. The Bertz CT molecular complexity index is 985. The van der Waals surface area contributed by atoms with Crippen LogP contribution in [0.25, 0.3) is 10.8 Å². The number of halogens is 1. The number of rotatable bonds is 5. The maximum atomic E-state index is 11.9. The van der Waals surface area contributed by atoms with Crippen molar-refractivity contribution in [2.45, 2.75) is 26.0 Å². The Morgan fingerprint density at radius 1 is 1.21 bits per heavy atom. The highest BCUT2D eigenvalue weighted by atomic mass is 35.5. The molecule has 2 heterocycles. The minimum atomic E-state index is -0.442. The highest BCUT2D eigenvalue weighted by molar-refractivity contribution is 8.12. The van der Waals surface area contributed by atoms with Crippen molar-refractivity contribution < 1.29 is 14.0 Å². The zero-order valence-corrected chi connectivity index (χ0v) is 17.5. The number of thioether (sulfide) groups is 1. The predicted octanol–water partition coefficient (Wildman–Crippen LogP) is 4.61. The van der Waals surface area contributed by atoms with Crippen molar-refractivity contribution in [2.24, 2.45) is 0 Å². The molecule has 0 fully saturated rings. The number of thiophene rings is 1. The Labute approximate surface area is 174 Å². The average Bonchev–Trinajstić information content (AvgIpc) is 3.31. The molecule has 0 bridgehead atoms. The topological polar surface area (TPSA) is 97.1 Å². The minimum Gasteiger partial charge on any atom is -0.419 e. The molecule has 2 N–H and O–H groups in total. The third-order valence-corrected chi connectivity index (χ3v) is 6.11. The van der Waals surface area contributed by atoms with Gasteiger partial charge in [-0.2, -0.15) is 0 Å². The lowest BCUT2D eigenvalue weighted by atomic mass is 10.2. The summed E-state index contributed by atoms with van der Waals surface area (Å²) in [5.74, 6) is 0.536. The van der Waals surface area contributed by atoms with Crippen LogP contribution in [0.15, 0.2) is 34.7 Å². The van der Waals surface area contributed by atoms with E-state index in [1.54, 1.807) is 35.6 Å².